The molecule has 1 rings (SSSR count). The smallest absolute Gasteiger partial charge is 0.307 e. The van der Waals surface area contributed by atoms with E-state index in [0.717, 1.165) is 38.4 Å². The van der Waals surface area contributed by atoms with Crippen molar-refractivity contribution in [1.29, 1.82) is 0 Å². The summed E-state index contributed by atoms with van der Waals surface area (Å²) in [6.07, 6.45) is 6.50. The van der Waals surface area contributed by atoms with Gasteiger partial charge in [-0.05, 0) is 38.3 Å². The first-order valence-electron chi connectivity index (χ1n) is 7.14. The summed E-state index contributed by atoms with van der Waals surface area (Å²) in [7, 11) is 0. The Balaban J connectivity index is 2.04. The summed E-state index contributed by atoms with van der Waals surface area (Å²) >= 11 is 0. The highest BCUT2D eigenvalue weighted by atomic mass is 16.5. The van der Waals surface area contributed by atoms with Crippen molar-refractivity contribution in [2.45, 2.75) is 52.4 Å². The minimum absolute atomic E-state index is 0.0314. The molecule has 0 bridgehead atoms. The molecule has 0 saturated carbocycles. The molecule has 1 aliphatic heterocycles. The van der Waals surface area contributed by atoms with Crippen LogP contribution in [0.3, 0.4) is 0 Å². The minimum Gasteiger partial charge on any atom is -0.466 e. The summed E-state index contributed by atoms with van der Waals surface area (Å²) < 4.78 is 5.15. The van der Waals surface area contributed by atoms with Crippen LogP contribution in [-0.4, -0.2) is 37.1 Å². The van der Waals surface area contributed by atoms with Crippen LogP contribution in [0.4, 0.5) is 0 Å². The van der Waals surface area contributed by atoms with Gasteiger partial charge in [-0.25, -0.2) is 0 Å². The van der Waals surface area contributed by atoms with Crippen LogP contribution < -0.4 is 0 Å². The van der Waals surface area contributed by atoms with Gasteiger partial charge in [0, 0.05) is 6.54 Å². The van der Waals surface area contributed by atoms with Crippen LogP contribution in [0.1, 0.15) is 52.4 Å². The summed E-state index contributed by atoms with van der Waals surface area (Å²) in [5, 5.41) is 0. The monoisotopic (exact) mass is 241 g/mol. The fraction of sp³-hybridized carbons (Fsp3) is 0.929. The lowest BCUT2D eigenvalue weighted by Gasteiger charge is -2.31. The maximum absolute atomic E-state index is 11.4. The Morgan fingerprint density at radius 3 is 2.59 bits per heavy atom. The summed E-state index contributed by atoms with van der Waals surface area (Å²) in [5.74, 6) is 0.874. The standard InChI is InChI=1S/C14H27NO2/c1-3-5-12-17-14(16)8-11-15-9-6-13(4-2)7-10-15/h13H,3-12H2,1-2H3. The van der Waals surface area contributed by atoms with E-state index >= 15 is 0 Å². The highest BCUT2D eigenvalue weighted by Gasteiger charge is 2.18. The van der Waals surface area contributed by atoms with Crippen molar-refractivity contribution in [2.75, 3.05) is 26.2 Å². The third-order valence-electron chi connectivity index (χ3n) is 3.68. The first-order chi connectivity index (χ1) is 8.26. The molecule has 0 unspecified atom stereocenters. The second-order valence-corrected chi connectivity index (χ2v) is 5.02. The number of piperidine rings is 1. The first kappa shape index (κ1) is 14.5. The lowest BCUT2D eigenvalue weighted by molar-refractivity contribution is -0.144. The van der Waals surface area contributed by atoms with E-state index in [2.05, 4.69) is 18.7 Å². The van der Waals surface area contributed by atoms with Crippen molar-refractivity contribution in [2.24, 2.45) is 5.92 Å². The molecule has 0 aromatic heterocycles. The van der Waals surface area contributed by atoms with E-state index in [9.17, 15) is 4.79 Å². The molecule has 1 saturated heterocycles. The number of carbonyl (C=O) groups excluding carboxylic acids is 1. The third-order valence-corrected chi connectivity index (χ3v) is 3.68. The van der Waals surface area contributed by atoms with Gasteiger partial charge in [0.05, 0.1) is 13.0 Å². The second-order valence-electron chi connectivity index (χ2n) is 5.02. The Kier molecular flexibility index (Phi) is 7.25. The van der Waals surface area contributed by atoms with Crippen LogP contribution >= 0.6 is 0 Å². The molecule has 1 fully saturated rings. The zero-order chi connectivity index (χ0) is 12.5. The van der Waals surface area contributed by atoms with Gasteiger partial charge < -0.3 is 9.64 Å². The molecule has 100 valence electrons. The molecule has 0 spiro atoms. The van der Waals surface area contributed by atoms with Crippen LogP contribution in [0, 0.1) is 5.92 Å². The van der Waals surface area contributed by atoms with Crippen molar-refractivity contribution < 1.29 is 9.53 Å². The Labute approximate surface area is 106 Å². The lowest BCUT2D eigenvalue weighted by atomic mass is 9.94. The Hall–Kier alpha value is -0.570. The van der Waals surface area contributed by atoms with Crippen molar-refractivity contribution >= 4 is 5.97 Å². The summed E-state index contributed by atoms with van der Waals surface area (Å²) in [5.41, 5.74) is 0. The van der Waals surface area contributed by atoms with Crippen molar-refractivity contribution in [3.8, 4) is 0 Å². The van der Waals surface area contributed by atoms with E-state index in [4.69, 9.17) is 4.74 Å². The number of carbonyl (C=O) groups is 1. The summed E-state index contributed by atoms with van der Waals surface area (Å²) in [6.45, 7) is 8.15. The average molecular weight is 241 g/mol. The van der Waals surface area contributed by atoms with Crippen LogP contribution in [0.25, 0.3) is 0 Å². The Bertz CT molecular complexity index is 210. The second kappa shape index (κ2) is 8.51. The molecule has 1 aliphatic rings. The minimum atomic E-state index is -0.0314. The number of ether oxygens (including phenoxy) is 1. The van der Waals surface area contributed by atoms with E-state index in [1.54, 1.807) is 0 Å². The molecule has 3 nitrogen and oxygen atoms in total. The van der Waals surface area contributed by atoms with Crippen LogP contribution in [-0.2, 0) is 9.53 Å². The molecule has 17 heavy (non-hydrogen) atoms. The van der Waals surface area contributed by atoms with Crippen molar-refractivity contribution in [3.05, 3.63) is 0 Å². The van der Waals surface area contributed by atoms with Crippen LogP contribution in [0.5, 0.6) is 0 Å². The van der Waals surface area contributed by atoms with Gasteiger partial charge in [0.1, 0.15) is 0 Å². The van der Waals surface area contributed by atoms with Crippen LogP contribution in [0.15, 0.2) is 0 Å². The fourth-order valence-electron chi connectivity index (χ4n) is 2.27. The number of hydrogen-bond acceptors (Lipinski definition) is 3. The fourth-order valence-corrected chi connectivity index (χ4v) is 2.27. The normalized spacial score (nSPS) is 18.2. The number of unbranched alkanes of at least 4 members (excludes halogenated alkanes) is 1. The zero-order valence-corrected chi connectivity index (χ0v) is 11.4. The van der Waals surface area contributed by atoms with Crippen molar-refractivity contribution in [1.82, 2.24) is 4.90 Å². The molecule has 0 N–H and O–H groups in total. The molecular weight excluding hydrogens is 214 g/mol. The molecule has 0 aromatic rings. The zero-order valence-electron chi connectivity index (χ0n) is 11.4. The van der Waals surface area contributed by atoms with Gasteiger partial charge in [-0.3, -0.25) is 4.79 Å². The number of hydrogen-bond donors (Lipinski definition) is 0. The van der Waals surface area contributed by atoms with Gasteiger partial charge in [0.15, 0.2) is 0 Å². The largest absolute Gasteiger partial charge is 0.466 e. The van der Waals surface area contributed by atoms with Gasteiger partial charge >= 0.3 is 5.97 Å². The molecule has 3 heteroatoms. The maximum Gasteiger partial charge on any atom is 0.307 e. The first-order valence-corrected chi connectivity index (χ1v) is 7.14. The predicted molar refractivity (Wildman–Crippen MR) is 69.9 cm³/mol. The van der Waals surface area contributed by atoms with Gasteiger partial charge in [-0.15, -0.1) is 0 Å². The number of nitrogens with zero attached hydrogens (tertiary/aromatic N) is 1. The average Bonchev–Trinajstić information content (AvgIpc) is 2.37. The topological polar surface area (TPSA) is 29.5 Å². The highest BCUT2D eigenvalue weighted by Crippen LogP contribution is 2.19. The Morgan fingerprint density at radius 1 is 1.29 bits per heavy atom. The van der Waals surface area contributed by atoms with E-state index in [0.29, 0.717) is 13.0 Å². The molecule has 0 amide bonds. The highest BCUT2D eigenvalue weighted by molar-refractivity contribution is 5.69. The predicted octanol–water partition coefficient (Wildman–Crippen LogP) is 2.84. The number of esters is 1. The van der Waals surface area contributed by atoms with Crippen molar-refractivity contribution in [3.63, 3.8) is 0 Å². The van der Waals surface area contributed by atoms with E-state index in [1.165, 1.54) is 19.3 Å². The quantitative estimate of drug-likeness (QED) is 0.507. The lowest BCUT2D eigenvalue weighted by Crippen LogP contribution is -2.35. The Morgan fingerprint density at radius 2 is 2.00 bits per heavy atom. The molecule has 0 aromatic carbocycles. The van der Waals surface area contributed by atoms with Gasteiger partial charge in [0.2, 0.25) is 0 Å². The van der Waals surface area contributed by atoms with Crippen LogP contribution in [0.2, 0.25) is 0 Å². The number of rotatable bonds is 7. The molecule has 0 aliphatic carbocycles. The SMILES string of the molecule is CCCCOC(=O)CCN1CCC(CC)CC1. The molecule has 0 atom stereocenters. The molecular formula is C14H27NO2. The number of likely N-dealkylation sites (tertiary alicyclic amines) is 1. The van der Waals surface area contributed by atoms with Gasteiger partial charge in [-0.1, -0.05) is 26.7 Å². The summed E-state index contributed by atoms with van der Waals surface area (Å²) in [6, 6.07) is 0. The molecule has 1 heterocycles. The van der Waals surface area contributed by atoms with E-state index < -0.39 is 0 Å². The molecule has 0 radical (unpaired) electrons. The van der Waals surface area contributed by atoms with E-state index in [-0.39, 0.29) is 5.97 Å². The van der Waals surface area contributed by atoms with Gasteiger partial charge in [0.25, 0.3) is 0 Å². The van der Waals surface area contributed by atoms with E-state index in [1.807, 2.05) is 0 Å². The van der Waals surface area contributed by atoms with Gasteiger partial charge in [-0.2, -0.15) is 0 Å². The third kappa shape index (κ3) is 6.06. The maximum atomic E-state index is 11.4. The summed E-state index contributed by atoms with van der Waals surface area (Å²) in [4.78, 5) is 13.8.